The standard InChI is InChI=1S/C12H18N2O2/c1-3-13-12(16)8-14(2)11-7-5-4-6-10(11)9-15/h4-7,15H,3,8-9H2,1-2H3,(H,13,16). The second-order valence-electron chi connectivity index (χ2n) is 3.60. The molecular formula is C12H18N2O2. The molecule has 0 heterocycles. The molecule has 1 rings (SSSR count). The van der Waals surface area contributed by atoms with E-state index in [1.807, 2.05) is 43.1 Å². The van der Waals surface area contributed by atoms with E-state index in [0.29, 0.717) is 13.1 Å². The summed E-state index contributed by atoms with van der Waals surface area (Å²) in [6, 6.07) is 7.51. The summed E-state index contributed by atoms with van der Waals surface area (Å²) in [5.41, 5.74) is 1.71. The number of nitrogens with zero attached hydrogens (tertiary/aromatic N) is 1. The van der Waals surface area contributed by atoms with Crippen molar-refractivity contribution in [2.24, 2.45) is 0 Å². The largest absolute Gasteiger partial charge is 0.392 e. The van der Waals surface area contributed by atoms with Gasteiger partial charge in [0.25, 0.3) is 0 Å². The summed E-state index contributed by atoms with van der Waals surface area (Å²) in [5, 5.41) is 11.9. The highest BCUT2D eigenvalue weighted by Crippen LogP contribution is 2.18. The van der Waals surface area contributed by atoms with Crippen molar-refractivity contribution < 1.29 is 9.90 Å². The van der Waals surface area contributed by atoms with Gasteiger partial charge in [-0.2, -0.15) is 0 Å². The number of aliphatic hydroxyl groups is 1. The average Bonchev–Trinajstić information content (AvgIpc) is 2.29. The lowest BCUT2D eigenvalue weighted by Crippen LogP contribution is -2.35. The van der Waals surface area contributed by atoms with Crippen LogP contribution in [0.3, 0.4) is 0 Å². The molecule has 4 heteroatoms. The lowest BCUT2D eigenvalue weighted by atomic mass is 10.1. The Morgan fingerprint density at radius 3 is 2.75 bits per heavy atom. The quantitative estimate of drug-likeness (QED) is 0.773. The molecule has 16 heavy (non-hydrogen) atoms. The molecule has 0 aliphatic carbocycles. The maximum atomic E-state index is 11.4. The first-order valence-corrected chi connectivity index (χ1v) is 5.35. The molecule has 0 radical (unpaired) electrons. The zero-order valence-corrected chi connectivity index (χ0v) is 9.73. The molecule has 0 bridgehead atoms. The van der Waals surface area contributed by atoms with E-state index in [0.717, 1.165) is 11.3 Å². The third-order valence-electron chi connectivity index (χ3n) is 2.33. The normalized spacial score (nSPS) is 9.94. The molecule has 0 aliphatic rings. The number of amides is 1. The van der Waals surface area contributed by atoms with Gasteiger partial charge in [-0.25, -0.2) is 0 Å². The van der Waals surface area contributed by atoms with E-state index in [1.165, 1.54) is 0 Å². The van der Waals surface area contributed by atoms with Crippen LogP contribution < -0.4 is 10.2 Å². The number of para-hydroxylation sites is 1. The Hall–Kier alpha value is -1.55. The maximum absolute atomic E-state index is 11.4. The minimum atomic E-state index is -0.0179. The molecule has 0 spiro atoms. The van der Waals surface area contributed by atoms with E-state index in [4.69, 9.17) is 0 Å². The van der Waals surface area contributed by atoms with Gasteiger partial charge in [0.1, 0.15) is 0 Å². The molecule has 1 amide bonds. The van der Waals surface area contributed by atoms with Crippen LogP contribution in [0.2, 0.25) is 0 Å². The van der Waals surface area contributed by atoms with Crippen LogP contribution >= 0.6 is 0 Å². The van der Waals surface area contributed by atoms with E-state index in [9.17, 15) is 9.90 Å². The smallest absolute Gasteiger partial charge is 0.239 e. The van der Waals surface area contributed by atoms with Crippen molar-refractivity contribution in [1.82, 2.24) is 5.32 Å². The third kappa shape index (κ3) is 3.24. The van der Waals surface area contributed by atoms with Gasteiger partial charge >= 0.3 is 0 Å². The van der Waals surface area contributed by atoms with E-state index < -0.39 is 0 Å². The summed E-state index contributed by atoms with van der Waals surface area (Å²) >= 11 is 0. The first-order valence-electron chi connectivity index (χ1n) is 5.35. The number of rotatable bonds is 5. The van der Waals surface area contributed by atoms with Gasteiger partial charge in [-0.3, -0.25) is 4.79 Å². The summed E-state index contributed by atoms with van der Waals surface area (Å²) in [6.45, 7) is 2.80. The summed E-state index contributed by atoms with van der Waals surface area (Å²) in [4.78, 5) is 13.2. The number of carbonyl (C=O) groups excluding carboxylic acids is 1. The van der Waals surface area contributed by atoms with Gasteiger partial charge in [0.2, 0.25) is 5.91 Å². The van der Waals surface area contributed by atoms with Crippen LogP contribution in [0.1, 0.15) is 12.5 Å². The summed E-state index contributed by atoms with van der Waals surface area (Å²) < 4.78 is 0. The number of carbonyl (C=O) groups is 1. The molecule has 0 fully saturated rings. The van der Waals surface area contributed by atoms with Crippen LogP contribution in [0.5, 0.6) is 0 Å². The average molecular weight is 222 g/mol. The monoisotopic (exact) mass is 222 g/mol. The van der Waals surface area contributed by atoms with Gasteiger partial charge in [-0.15, -0.1) is 0 Å². The van der Waals surface area contributed by atoms with E-state index in [-0.39, 0.29) is 12.5 Å². The fourth-order valence-electron chi connectivity index (χ4n) is 1.57. The van der Waals surface area contributed by atoms with E-state index >= 15 is 0 Å². The van der Waals surface area contributed by atoms with Gasteiger partial charge in [0, 0.05) is 24.8 Å². The summed E-state index contributed by atoms with van der Waals surface area (Å²) in [7, 11) is 1.84. The van der Waals surface area contributed by atoms with Gasteiger partial charge in [0.05, 0.1) is 13.2 Å². The van der Waals surface area contributed by atoms with Crippen LogP contribution in [0, 0.1) is 0 Å². The SMILES string of the molecule is CCNC(=O)CN(C)c1ccccc1CO. The Morgan fingerprint density at radius 2 is 2.12 bits per heavy atom. The van der Waals surface area contributed by atoms with Crippen LogP contribution in [0.25, 0.3) is 0 Å². The second kappa shape index (κ2) is 6.12. The molecule has 2 N–H and O–H groups in total. The van der Waals surface area contributed by atoms with Gasteiger partial charge in [0.15, 0.2) is 0 Å². The molecule has 0 aliphatic heterocycles. The van der Waals surface area contributed by atoms with Crippen molar-refractivity contribution in [2.45, 2.75) is 13.5 Å². The summed E-state index contributed by atoms with van der Waals surface area (Å²) in [5.74, 6) is -0.0160. The molecule has 0 saturated heterocycles. The molecule has 88 valence electrons. The molecular weight excluding hydrogens is 204 g/mol. The van der Waals surface area contributed by atoms with Crippen molar-refractivity contribution in [3.05, 3.63) is 29.8 Å². The maximum Gasteiger partial charge on any atom is 0.239 e. The van der Waals surface area contributed by atoms with Crippen molar-refractivity contribution in [3.63, 3.8) is 0 Å². The highest BCUT2D eigenvalue weighted by molar-refractivity contribution is 5.81. The Bertz CT molecular complexity index is 353. The molecule has 0 saturated carbocycles. The van der Waals surface area contributed by atoms with E-state index in [1.54, 1.807) is 0 Å². The molecule has 1 aromatic carbocycles. The first kappa shape index (κ1) is 12.5. The number of benzene rings is 1. The zero-order valence-electron chi connectivity index (χ0n) is 9.73. The zero-order chi connectivity index (χ0) is 12.0. The minimum Gasteiger partial charge on any atom is -0.392 e. The molecule has 0 aromatic heterocycles. The van der Waals surface area contributed by atoms with Crippen molar-refractivity contribution in [3.8, 4) is 0 Å². The predicted octanol–water partition coefficient (Wildman–Crippen LogP) is 0.751. The van der Waals surface area contributed by atoms with Crippen molar-refractivity contribution >= 4 is 11.6 Å². The third-order valence-corrected chi connectivity index (χ3v) is 2.33. The predicted molar refractivity (Wildman–Crippen MR) is 64.3 cm³/mol. The first-order chi connectivity index (χ1) is 7.69. The number of anilines is 1. The fraction of sp³-hybridized carbons (Fsp3) is 0.417. The molecule has 0 unspecified atom stereocenters. The molecule has 1 aromatic rings. The Morgan fingerprint density at radius 1 is 1.44 bits per heavy atom. The highest BCUT2D eigenvalue weighted by atomic mass is 16.3. The molecule has 4 nitrogen and oxygen atoms in total. The van der Waals surface area contributed by atoms with Gasteiger partial charge in [-0.05, 0) is 13.0 Å². The van der Waals surface area contributed by atoms with Crippen LogP contribution in [0.4, 0.5) is 5.69 Å². The fourth-order valence-corrected chi connectivity index (χ4v) is 1.57. The minimum absolute atomic E-state index is 0.0160. The number of hydrogen-bond donors (Lipinski definition) is 2. The topological polar surface area (TPSA) is 52.6 Å². The Balaban J connectivity index is 2.72. The number of likely N-dealkylation sites (N-methyl/N-ethyl adjacent to an activating group) is 2. The number of nitrogens with one attached hydrogen (secondary N) is 1. The Labute approximate surface area is 95.9 Å². The van der Waals surface area contributed by atoms with Crippen LogP contribution in [-0.2, 0) is 11.4 Å². The highest BCUT2D eigenvalue weighted by Gasteiger charge is 2.09. The van der Waals surface area contributed by atoms with Gasteiger partial charge < -0.3 is 15.3 Å². The lowest BCUT2D eigenvalue weighted by molar-refractivity contribution is -0.119. The van der Waals surface area contributed by atoms with Gasteiger partial charge in [-0.1, -0.05) is 18.2 Å². The Kier molecular flexibility index (Phi) is 4.79. The summed E-state index contributed by atoms with van der Waals surface area (Å²) in [6.07, 6.45) is 0. The number of aliphatic hydroxyl groups excluding tert-OH is 1. The molecule has 0 atom stereocenters. The van der Waals surface area contributed by atoms with Crippen molar-refractivity contribution in [1.29, 1.82) is 0 Å². The van der Waals surface area contributed by atoms with Crippen LogP contribution in [0.15, 0.2) is 24.3 Å². The second-order valence-corrected chi connectivity index (χ2v) is 3.60. The van der Waals surface area contributed by atoms with Crippen LogP contribution in [-0.4, -0.2) is 31.2 Å². The van der Waals surface area contributed by atoms with E-state index in [2.05, 4.69) is 5.32 Å². The van der Waals surface area contributed by atoms with Crippen molar-refractivity contribution in [2.75, 3.05) is 25.0 Å². The lowest BCUT2D eigenvalue weighted by Gasteiger charge is -2.21. The number of hydrogen-bond acceptors (Lipinski definition) is 3.